The van der Waals surface area contributed by atoms with Crippen molar-refractivity contribution in [2.24, 2.45) is 7.05 Å². The summed E-state index contributed by atoms with van der Waals surface area (Å²) >= 11 is 0. The average molecular weight is 430 g/mol. The summed E-state index contributed by atoms with van der Waals surface area (Å²) in [6.07, 6.45) is 4.79. The molecule has 0 aliphatic heterocycles. The third-order valence-electron chi connectivity index (χ3n) is 6.43. The molecule has 0 N–H and O–H groups in total. The Morgan fingerprint density at radius 1 is 1.00 bits per heavy atom. The Kier molecular flexibility index (Phi) is 4.84. The number of pyridine rings is 1. The highest BCUT2D eigenvalue weighted by Gasteiger charge is 2.25. The van der Waals surface area contributed by atoms with Crippen LogP contribution < -0.4 is 11.0 Å². The predicted molar refractivity (Wildman–Crippen MR) is 123 cm³/mol. The second-order valence-corrected chi connectivity index (χ2v) is 8.31. The maximum absolute atomic E-state index is 13.8. The van der Waals surface area contributed by atoms with Crippen LogP contribution in [-0.4, -0.2) is 19.0 Å². The number of aromatic nitrogens is 3. The van der Waals surface area contributed by atoms with E-state index in [2.05, 4.69) is 0 Å². The number of hydrogen-bond donors (Lipinski definition) is 0. The van der Waals surface area contributed by atoms with E-state index in [1.54, 1.807) is 40.4 Å². The number of nitro benzene ring substituents is 1. The molecule has 1 fully saturated rings. The van der Waals surface area contributed by atoms with Gasteiger partial charge in [0.2, 0.25) is 5.43 Å². The Morgan fingerprint density at radius 2 is 1.69 bits per heavy atom. The smallest absolute Gasteiger partial charge is 0.269 e. The molecule has 0 radical (unpaired) electrons. The van der Waals surface area contributed by atoms with Crippen molar-refractivity contribution in [3.8, 4) is 11.4 Å². The van der Waals surface area contributed by atoms with Gasteiger partial charge in [0.25, 0.3) is 11.2 Å². The van der Waals surface area contributed by atoms with Crippen LogP contribution in [0, 0.1) is 10.1 Å². The van der Waals surface area contributed by atoms with Gasteiger partial charge in [0.1, 0.15) is 11.2 Å². The van der Waals surface area contributed by atoms with E-state index >= 15 is 0 Å². The fourth-order valence-electron chi connectivity index (χ4n) is 4.78. The predicted octanol–water partition coefficient (Wildman–Crippen LogP) is 4.33. The van der Waals surface area contributed by atoms with E-state index in [-0.39, 0.29) is 28.1 Å². The lowest BCUT2D eigenvalue weighted by molar-refractivity contribution is -0.384. The zero-order valence-corrected chi connectivity index (χ0v) is 17.7. The molecule has 162 valence electrons. The van der Waals surface area contributed by atoms with Gasteiger partial charge < -0.3 is 4.57 Å². The summed E-state index contributed by atoms with van der Waals surface area (Å²) < 4.78 is 3.42. The van der Waals surface area contributed by atoms with E-state index in [0.29, 0.717) is 27.9 Å². The van der Waals surface area contributed by atoms with Crippen molar-refractivity contribution in [1.29, 1.82) is 0 Å². The van der Waals surface area contributed by atoms with Crippen LogP contribution in [0.25, 0.3) is 33.3 Å². The van der Waals surface area contributed by atoms with Gasteiger partial charge in [0.15, 0.2) is 5.65 Å². The SMILES string of the molecule is Cn1c2ccccc2c(=O)c2c(=O)n(C3CCCCC3)c(-c3ccc([N+](=O)[O-])cc3)nc21. The molecule has 0 spiro atoms. The molecule has 1 aliphatic carbocycles. The van der Waals surface area contributed by atoms with Gasteiger partial charge in [-0.2, -0.15) is 0 Å². The lowest BCUT2D eigenvalue weighted by Gasteiger charge is -2.27. The molecule has 5 rings (SSSR count). The lowest BCUT2D eigenvalue weighted by Crippen LogP contribution is -2.32. The molecule has 1 aliphatic rings. The van der Waals surface area contributed by atoms with Crippen LogP contribution in [-0.2, 0) is 7.05 Å². The minimum absolute atomic E-state index is 0.0282. The standard InChI is InChI=1S/C24H22N4O4/c1-26-19-10-6-5-9-18(19)21(29)20-23(26)25-22(15-11-13-17(14-12-15)28(31)32)27(24(20)30)16-7-3-2-4-8-16/h5-6,9-14,16H,2-4,7-8H2,1H3. The maximum Gasteiger partial charge on any atom is 0.269 e. The topological polar surface area (TPSA) is 100 Å². The summed E-state index contributed by atoms with van der Waals surface area (Å²) in [4.78, 5) is 42.6. The first-order valence-electron chi connectivity index (χ1n) is 10.8. The first-order chi connectivity index (χ1) is 15.5. The molecule has 0 atom stereocenters. The third kappa shape index (κ3) is 3.10. The fraction of sp³-hybridized carbons (Fsp3) is 0.292. The van der Waals surface area contributed by atoms with E-state index in [1.807, 2.05) is 12.1 Å². The highest BCUT2D eigenvalue weighted by molar-refractivity contribution is 5.91. The molecular weight excluding hydrogens is 408 g/mol. The summed E-state index contributed by atoms with van der Waals surface area (Å²) in [6, 6.07) is 13.2. The van der Waals surface area contributed by atoms with E-state index in [9.17, 15) is 19.7 Å². The minimum atomic E-state index is -0.457. The molecule has 0 amide bonds. The van der Waals surface area contributed by atoms with Crippen molar-refractivity contribution in [3.05, 3.63) is 79.2 Å². The lowest BCUT2D eigenvalue weighted by atomic mass is 9.94. The maximum atomic E-state index is 13.8. The Balaban J connectivity index is 1.88. The molecule has 2 aromatic heterocycles. The number of nitro groups is 1. The van der Waals surface area contributed by atoms with Crippen LogP contribution in [0.4, 0.5) is 5.69 Å². The van der Waals surface area contributed by atoms with Crippen LogP contribution >= 0.6 is 0 Å². The van der Waals surface area contributed by atoms with Gasteiger partial charge in [-0.3, -0.25) is 24.3 Å². The average Bonchev–Trinajstić information content (AvgIpc) is 2.82. The van der Waals surface area contributed by atoms with E-state index < -0.39 is 4.92 Å². The van der Waals surface area contributed by atoms with Crippen molar-refractivity contribution < 1.29 is 4.92 Å². The molecular formula is C24H22N4O4. The number of non-ortho nitro benzene ring substituents is 1. The Bertz CT molecular complexity index is 1480. The Labute approximate surface area is 182 Å². The summed E-state index contributed by atoms with van der Waals surface area (Å²) in [5, 5.41) is 11.7. The van der Waals surface area contributed by atoms with E-state index in [1.165, 1.54) is 12.1 Å². The van der Waals surface area contributed by atoms with Gasteiger partial charge in [-0.05, 0) is 37.1 Å². The zero-order chi connectivity index (χ0) is 22.4. The van der Waals surface area contributed by atoms with Crippen molar-refractivity contribution >= 4 is 27.6 Å². The molecule has 0 unspecified atom stereocenters. The van der Waals surface area contributed by atoms with Gasteiger partial charge in [-0.15, -0.1) is 0 Å². The van der Waals surface area contributed by atoms with Gasteiger partial charge in [0, 0.05) is 36.2 Å². The molecule has 2 aromatic carbocycles. The van der Waals surface area contributed by atoms with Gasteiger partial charge in [-0.1, -0.05) is 31.4 Å². The molecule has 32 heavy (non-hydrogen) atoms. The van der Waals surface area contributed by atoms with Crippen molar-refractivity contribution in [3.63, 3.8) is 0 Å². The van der Waals surface area contributed by atoms with Crippen LogP contribution in [0.1, 0.15) is 38.1 Å². The first-order valence-corrected chi connectivity index (χ1v) is 10.8. The molecule has 2 heterocycles. The second kappa shape index (κ2) is 7.71. The minimum Gasteiger partial charge on any atom is -0.328 e. The zero-order valence-electron chi connectivity index (χ0n) is 17.7. The Hall–Kier alpha value is -3.81. The van der Waals surface area contributed by atoms with E-state index in [0.717, 1.165) is 32.1 Å². The molecule has 0 saturated heterocycles. The van der Waals surface area contributed by atoms with Crippen molar-refractivity contribution in [1.82, 2.24) is 14.1 Å². The van der Waals surface area contributed by atoms with Gasteiger partial charge in [-0.25, -0.2) is 4.98 Å². The molecule has 8 nitrogen and oxygen atoms in total. The number of aryl methyl sites for hydroxylation is 1. The monoisotopic (exact) mass is 430 g/mol. The number of hydrogen-bond acceptors (Lipinski definition) is 5. The highest BCUT2D eigenvalue weighted by atomic mass is 16.6. The summed E-state index contributed by atoms with van der Waals surface area (Å²) in [7, 11) is 1.79. The van der Waals surface area contributed by atoms with Crippen LogP contribution in [0.15, 0.2) is 58.1 Å². The number of benzene rings is 2. The number of para-hydroxylation sites is 1. The molecule has 8 heteroatoms. The van der Waals surface area contributed by atoms with Crippen LogP contribution in [0.5, 0.6) is 0 Å². The van der Waals surface area contributed by atoms with Gasteiger partial charge in [0.05, 0.1) is 10.4 Å². The summed E-state index contributed by atoms with van der Waals surface area (Å²) in [5.41, 5.74) is 0.939. The quantitative estimate of drug-likeness (QED) is 0.274. The second-order valence-electron chi connectivity index (χ2n) is 8.31. The summed E-state index contributed by atoms with van der Waals surface area (Å²) in [6.45, 7) is 0. The summed E-state index contributed by atoms with van der Waals surface area (Å²) in [5.74, 6) is 0.439. The molecule has 4 aromatic rings. The largest absolute Gasteiger partial charge is 0.328 e. The van der Waals surface area contributed by atoms with Crippen molar-refractivity contribution in [2.45, 2.75) is 38.1 Å². The Morgan fingerprint density at radius 3 is 2.38 bits per heavy atom. The normalized spacial score (nSPS) is 14.8. The molecule has 0 bridgehead atoms. The van der Waals surface area contributed by atoms with Crippen LogP contribution in [0.3, 0.4) is 0 Å². The number of nitrogens with zero attached hydrogens (tertiary/aromatic N) is 4. The van der Waals surface area contributed by atoms with E-state index in [4.69, 9.17) is 4.98 Å². The van der Waals surface area contributed by atoms with Crippen molar-refractivity contribution in [2.75, 3.05) is 0 Å². The number of fused-ring (bicyclic) bond motifs is 2. The molecule has 1 saturated carbocycles. The highest BCUT2D eigenvalue weighted by Crippen LogP contribution is 2.32. The third-order valence-corrected chi connectivity index (χ3v) is 6.43. The fourth-order valence-corrected chi connectivity index (χ4v) is 4.78. The van der Waals surface area contributed by atoms with Crippen LogP contribution in [0.2, 0.25) is 0 Å². The first kappa shape index (κ1) is 20.1. The number of rotatable bonds is 3. The van der Waals surface area contributed by atoms with Gasteiger partial charge >= 0.3 is 0 Å².